The number of sulfonamides is 1. The van der Waals surface area contributed by atoms with Crippen LogP contribution in [0, 0.1) is 18.8 Å². The molecule has 2 aromatic rings. The summed E-state index contributed by atoms with van der Waals surface area (Å²) in [5.41, 5.74) is 3.59. The minimum absolute atomic E-state index is 0.0247. The molecule has 8 heteroatoms. The van der Waals surface area contributed by atoms with Crippen LogP contribution in [0.3, 0.4) is 0 Å². The first-order chi connectivity index (χ1) is 16.1. The molecule has 1 saturated carbocycles. The summed E-state index contributed by atoms with van der Waals surface area (Å²) in [4.78, 5) is 26.5. The SMILES string of the molecule is CC(=O)N1c2ccc(S(=O)(=O)NCC3CCC(C(=O)Nc4cccc(C)c4)CC3)cc2C[C@@H]1C. The second kappa shape index (κ2) is 9.88. The first kappa shape index (κ1) is 24.4. The van der Waals surface area contributed by atoms with Gasteiger partial charge in [-0.05, 0) is 93.3 Å². The highest BCUT2D eigenvalue weighted by Crippen LogP contribution is 2.34. The third kappa shape index (κ3) is 5.33. The van der Waals surface area contributed by atoms with Gasteiger partial charge in [0.15, 0.2) is 0 Å². The summed E-state index contributed by atoms with van der Waals surface area (Å²) in [6.07, 6.45) is 3.77. The van der Waals surface area contributed by atoms with Gasteiger partial charge in [-0.2, -0.15) is 0 Å². The number of amides is 2. The number of carbonyl (C=O) groups is 2. The predicted molar refractivity (Wildman–Crippen MR) is 133 cm³/mol. The molecule has 2 N–H and O–H groups in total. The van der Waals surface area contributed by atoms with Gasteiger partial charge in [0, 0.05) is 36.8 Å². The van der Waals surface area contributed by atoms with Crippen molar-refractivity contribution in [1.82, 2.24) is 4.72 Å². The van der Waals surface area contributed by atoms with Crippen LogP contribution in [-0.4, -0.2) is 32.8 Å². The summed E-state index contributed by atoms with van der Waals surface area (Å²) in [6.45, 7) is 5.84. The highest BCUT2D eigenvalue weighted by atomic mass is 32.2. The number of carbonyl (C=O) groups excluding carboxylic acids is 2. The van der Waals surface area contributed by atoms with Crippen LogP contribution < -0.4 is 14.9 Å². The van der Waals surface area contributed by atoms with Crippen molar-refractivity contribution in [2.45, 2.75) is 63.8 Å². The van der Waals surface area contributed by atoms with Crippen molar-refractivity contribution in [3.63, 3.8) is 0 Å². The zero-order valence-electron chi connectivity index (χ0n) is 20.0. The van der Waals surface area contributed by atoms with Crippen molar-refractivity contribution in [3.8, 4) is 0 Å². The van der Waals surface area contributed by atoms with E-state index in [4.69, 9.17) is 0 Å². The van der Waals surface area contributed by atoms with Gasteiger partial charge in [0.05, 0.1) is 4.90 Å². The highest BCUT2D eigenvalue weighted by Gasteiger charge is 2.31. The fourth-order valence-corrected chi connectivity index (χ4v) is 6.33. The topological polar surface area (TPSA) is 95.6 Å². The van der Waals surface area contributed by atoms with Crippen LogP contribution >= 0.6 is 0 Å². The van der Waals surface area contributed by atoms with Crippen LogP contribution in [0.2, 0.25) is 0 Å². The molecule has 1 fully saturated rings. The first-order valence-corrected chi connectivity index (χ1v) is 13.4. The van der Waals surface area contributed by atoms with Crippen molar-refractivity contribution in [2.75, 3.05) is 16.8 Å². The maximum absolute atomic E-state index is 12.9. The molecule has 182 valence electrons. The van der Waals surface area contributed by atoms with Gasteiger partial charge in [0.25, 0.3) is 0 Å². The molecule has 0 unspecified atom stereocenters. The number of nitrogens with zero attached hydrogens (tertiary/aromatic N) is 1. The molecule has 0 spiro atoms. The first-order valence-electron chi connectivity index (χ1n) is 11.9. The number of benzene rings is 2. The Morgan fingerprint density at radius 1 is 1.06 bits per heavy atom. The third-order valence-electron chi connectivity index (χ3n) is 6.98. The number of fused-ring (bicyclic) bond motifs is 1. The van der Waals surface area contributed by atoms with E-state index in [1.54, 1.807) is 23.1 Å². The molecule has 1 heterocycles. The maximum atomic E-state index is 12.9. The minimum Gasteiger partial charge on any atom is -0.326 e. The molecule has 2 amide bonds. The van der Waals surface area contributed by atoms with E-state index in [1.807, 2.05) is 38.1 Å². The Bertz CT molecular complexity index is 1190. The fraction of sp³-hybridized carbons (Fsp3) is 0.462. The van der Waals surface area contributed by atoms with Gasteiger partial charge in [0.2, 0.25) is 21.8 Å². The molecule has 0 bridgehead atoms. The predicted octanol–water partition coefficient (Wildman–Crippen LogP) is 4.02. The van der Waals surface area contributed by atoms with Crippen LogP contribution in [0.1, 0.15) is 50.7 Å². The van der Waals surface area contributed by atoms with Crippen molar-refractivity contribution < 1.29 is 18.0 Å². The van der Waals surface area contributed by atoms with E-state index in [0.29, 0.717) is 13.0 Å². The van der Waals surface area contributed by atoms with Gasteiger partial charge in [-0.1, -0.05) is 12.1 Å². The van der Waals surface area contributed by atoms with Crippen molar-refractivity contribution in [3.05, 3.63) is 53.6 Å². The van der Waals surface area contributed by atoms with E-state index < -0.39 is 10.0 Å². The van der Waals surface area contributed by atoms with Crippen LogP contribution in [0.25, 0.3) is 0 Å². The molecule has 1 aliphatic heterocycles. The Labute approximate surface area is 202 Å². The van der Waals surface area contributed by atoms with Gasteiger partial charge in [0.1, 0.15) is 0 Å². The lowest BCUT2D eigenvalue weighted by Crippen LogP contribution is -2.34. The quantitative estimate of drug-likeness (QED) is 0.649. The zero-order chi connectivity index (χ0) is 24.5. The average Bonchev–Trinajstić information content (AvgIpc) is 3.13. The molecule has 34 heavy (non-hydrogen) atoms. The van der Waals surface area contributed by atoms with Gasteiger partial charge < -0.3 is 10.2 Å². The van der Waals surface area contributed by atoms with E-state index in [0.717, 1.165) is 48.2 Å². The Morgan fingerprint density at radius 2 is 1.79 bits per heavy atom. The number of anilines is 2. The molecular formula is C26H33N3O4S. The summed E-state index contributed by atoms with van der Waals surface area (Å²) < 4.78 is 28.6. The van der Waals surface area contributed by atoms with Crippen LogP contribution in [-0.2, 0) is 26.0 Å². The van der Waals surface area contributed by atoms with Gasteiger partial charge in [-0.15, -0.1) is 0 Å². The fourth-order valence-electron chi connectivity index (χ4n) is 5.16. The lowest BCUT2D eigenvalue weighted by molar-refractivity contribution is -0.121. The summed E-state index contributed by atoms with van der Waals surface area (Å²) in [5, 5.41) is 3.00. The number of rotatable bonds is 6. The van der Waals surface area contributed by atoms with Crippen molar-refractivity contribution in [1.29, 1.82) is 0 Å². The van der Waals surface area contributed by atoms with E-state index in [9.17, 15) is 18.0 Å². The lowest BCUT2D eigenvalue weighted by Gasteiger charge is -2.28. The Hall–Kier alpha value is -2.71. The Morgan fingerprint density at radius 3 is 2.47 bits per heavy atom. The zero-order valence-corrected chi connectivity index (χ0v) is 20.8. The van der Waals surface area contributed by atoms with E-state index >= 15 is 0 Å². The molecule has 1 aliphatic carbocycles. The standard InChI is InChI=1S/C26H33N3O4S/c1-17-5-4-6-23(13-17)28-26(31)21-9-7-20(8-10-21)16-27-34(32,33)24-11-12-25-22(15-24)14-18(2)29(25)19(3)30/h4-6,11-13,15,18,20-21,27H,7-10,14,16H2,1-3H3,(H,28,31)/t18-,20?,21?/m0/s1. The molecular weight excluding hydrogens is 450 g/mol. The van der Waals surface area contributed by atoms with Gasteiger partial charge in [-0.25, -0.2) is 13.1 Å². The van der Waals surface area contributed by atoms with Crippen LogP contribution in [0.4, 0.5) is 11.4 Å². The largest absolute Gasteiger partial charge is 0.326 e. The highest BCUT2D eigenvalue weighted by molar-refractivity contribution is 7.89. The molecule has 0 aromatic heterocycles. The lowest BCUT2D eigenvalue weighted by atomic mass is 9.81. The minimum atomic E-state index is -3.64. The normalized spacial score (nSPS) is 22.3. The molecule has 2 aliphatic rings. The Kier molecular flexibility index (Phi) is 7.09. The molecule has 0 saturated heterocycles. The van der Waals surface area contributed by atoms with Crippen LogP contribution in [0.15, 0.2) is 47.4 Å². The number of nitrogens with one attached hydrogen (secondary N) is 2. The van der Waals surface area contributed by atoms with Gasteiger partial charge >= 0.3 is 0 Å². The average molecular weight is 484 g/mol. The van der Waals surface area contributed by atoms with E-state index in [1.165, 1.54) is 6.92 Å². The van der Waals surface area contributed by atoms with E-state index in [2.05, 4.69) is 10.0 Å². The Balaban J connectivity index is 1.30. The molecule has 0 radical (unpaired) electrons. The summed E-state index contributed by atoms with van der Waals surface area (Å²) in [5.74, 6) is 0.163. The second-order valence-corrected chi connectivity index (χ2v) is 11.4. The summed E-state index contributed by atoms with van der Waals surface area (Å²) in [7, 11) is -3.64. The van der Waals surface area contributed by atoms with Crippen molar-refractivity contribution in [2.24, 2.45) is 11.8 Å². The number of aryl methyl sites for hydroxylation is 1. The summed E-state index contributed by atoms with van der Waals surface area (Å²) in [6, 6.07) is 12.8. The maximum Gasteiger partial charge on any atom is 0.240 e. The van der Waals surface area contributed by atoms with E-state index in [-0.39, 0.29) is 34.6 Å². The molecule has 7 nitrogen and oxygen atoms in total. The second-order valence-electron chi connectivity index (χ2n) is 9.66. The molecule has 2 aromatic carbocycles. The summed E-state index contributed by atoms with van der Waals surface area (Å²) >= 11 is 0. The molecule has 1 atom stereocenters. The number of hydrogen-bond donors (Lipinski definition) is 2. The van der Waals surface area contributed by atoms with Crippen LogP contribution in [0.5, 0.6) is 0 Å². The van der Waals surface area contributed by atoms with Gasteiger partial charge in [-0.3, -0.25) is 9.59 Å². The monoisotopic (exact) mass is 483 g/mol. The number of hydrogen-bond acceptors (Lipinski definition) is 4. The smallest absolute Gasteiger partial charge is 0.240 e. The van der Waals surface area contributed by atoms with Crippen molar-refractivity contribution >= 4 is 33.2 Å². The third-order valence-corrected chi connectivity index (χ3v) is 8.40. The molecule has 4 rings (SSSR count).